The summed E-state index contributed by atoms with van der Waals surface area (Å²) in [5, 5.41) is 14.9. The van der Waals surface area contributed by atoms with Gasteiger partial charge in [-0.1, -0.05) is 18.2 Å². The fraction of sp³-hybridized carbons (Fsp3) is 0.100. The highest BCUT2D eigenvalue weighted by molar-refractivity contribution is 5.95. The number of rotatable bonds is 5. The van der Waals surface area contributed by atoms with Gasteiger partial charge in [-0.15, -0.1) is 0 Å². The molecule has 0 unspecified atom stereocenters. The van der Waals surface area contributed by atoms with E-state index in [-0.39, 0.29) is 24.4 Å². The van der Waals surface area contributed by atoms with Crippen LogP contribution in [0.25, 0.3) is 22.2 Å². The molecule has 0 saturated heterocycles. The molecule has 0 aliphatic rings. The number of methoxy groups -OCH3 is 1. The lowest BCUT2D eigenvalue weighted by atomic mass is 10.1. The number of fused-ring (bicyclic) bond motifs is 1. The van der Waals surface area contributed by atoms with E-state index in [1.165, 1.54) is 7.11 Å². The Morgan fingerprint density at radius 2 is 2.14 bits per heavy atom. The third-order valence-electron chi connectivity index (χ3n) is 4.43. The summed E-state index contributed by atoms with van der Waals surface area (Å²) in [7, 11) is 1.39. The Morgan fingerprint density at radius 1 is 1.31 bits per heavy atom. The second-order valence-corrected chi connectivity index (χ2v) is 6.18. The zero-order valence-corrected chi connectivity index (χ0v) is 15.3. The molecule has 0 aliphatic heterocycles. The molecule has 29 heavy (non-hydrogen) atoms. The second-order valence-electron chi connectivity index (χ2n) is 6.18. The van der Waals surface area contributed by atoms with Gasteiger partial charge in [0, 0.05) is 49.4 Å². The van der Waals surface area contributed by atoms with E-state index in [0.717, 1.165) is 28.6 Å². The van der Waals surface area contributed by atoms with Crippen LogP contribution in [0.5, 0.6) is 5.75 Å². The van der Waals surface area contributed by atoms with Gasteiger partial charge in [0.15, 0.2) is 0 Å². The molecule has 0 aliphatic carbocycles. The zero-order chi connectivity index (χ0) is 21.3. The van der Waals surface area contributed by atoms with Crippen molar-refractivity contribution in [1.82, 2.24) is 14.5 Å². The van der Waals surface area contributed by atoms with Crippen LogP contribution in [-0.2, 0) is 7.02 Å². The molecule has 2 aromatic heterocycles. The fourth-order valence-corrected chi connectivity index (χ4v) is 3.09. The number of hydrogen-bond donors (Lipinski definition) is 1. The first-order valence-electron chi connectivity index (χ1n) is 9.22. The summed E-state index contributed by atoms with van der Waals surface area (Å²) < 4.78 is 28.5. The van der Waals surface area contributed by atoms with E-state index in [0.29, 0.717) is 5.69 Å². The van der Waals surface area contributed by atoms with Gasteiger partial charge in [0.25, 0.3) is 0 Å². The molecule has 9 heteroatoms. The normalized spacial score (nSPS) is 11.3. The molecule has 0 saturated carbocycles. The number of halogens is 1. The summed E-state index contributed by atoms with van der Waals surface area (Å²) in [5.41, 5.74) is 1.81. The Bertz CT molecular complexity index is 1260. The molecular formula is C20H16FN5O3. The molecule has 0 spiro atoms. The number of para-hydroxylation sites is 1. The third-order valence-corrected chi connectivity index (χ3v) is 4.43. The number of benzene rings is 2. The average molecular weight is 394 g/mol. The number of nitro benzene ring substituents is 1. The van der Waals surface area contributed by atoms with E-state index in [1.807, 2.05) is 30.5 Å². The van der Waals surface area contributed by atoms with E-state index in [1.54, 1.807) is 16.8 Å². The minimum absolute atomic E-state index is 0.0626. The Hall–Kier alpha value is -4.01. The maximum Gasteiger partial charge on any atom is 0.307 e. The Morgan fingerprint density at radius 3 is 2.90 bits per heavy atom. The maximum absolute atomic E-state index is 13.9. The van der Waals surface area contributed by atoms with E-state index in [9.17, 15) is 14.5 Å². The van der Waals surface area contributed by atoms with Crippen LogP contribution in [0.15, 0.2) is 54.9 Å². The van der Waals surface area contributed by atoms with Crippen molar-refractivity contribution < 1.29 is 15.4 Å². The first kappa shape index (κ1) is 17.1. The summed E-state index contributed by atoms with van der Waals surface area (Å²) in [6.07, 6.45) is 3.38. The second kappa shape index (κ2) is 7.19. The van der Waals surface area contributed by atoms with Crippen LogP contribution in [0, 0.1) is 15.9 Å². The minimum atomic E-state index is -1.000. The molecule has 4 aromatic rings. The van der Waals surface area contributed by atoms with Crippen LogP contribution in [-0.4, -0.2) is 26.6 Å². The topological polar surface area (TPSA) is 95.1 Å². The van der Waals surface area contributed by atoms with Gasteiger partial charge in [-0.25, -0.2) is 9.97 Å². The summed E-state index contributed by atoms with van der Waals surface area (Å²) in [4.78, 5) is 18.9. The quantitative estimate of drug-likeness (QED) is 0.397. The van der Waals surface area contributed by atoms with Crippen LogP contribution in [0.2, 0.25) is 0 Å². The van der Waals surface area contributed by atoms with Crippen molar-refractivity contribution in [2.45, 2.75) is 0 Å². The molecule has 1 N–H and O–H groups in total. The van der Waals surface area contributed by atoms with Crippen molar-refractivity contribution in [2.75, 3.05) is 12.4 Å². The van der Waals surface area contributed by atoms with Gasteiger partial charge in [-0.05, 0) is 12.1 Å². The number of aromatic nitrogens is 3. The standard InChI is InChI=1S/C20H16FN5O3/c1-25-11-13(12-5-3-4-6-17(12)25)15-7-8-22-20(23-15)24-16-10-18(26(27)28)14(21)9-19(16)29-2/h3-11H,1-2H3,(H,22,23,24)/i1D. The lowest BCUT2D eigenvalue weighted by Gasteiger charge is -2.11. The molecule has 8 nitrogen and oxygen atoms in total. The lowest BCUT2D eigenvalue weighted by molar-refractivity contribution is -0.387. The van der Waals surface area contributed by atoms with Gasteiger partial charge in [-0.3, -0.25) is 10.1 Å². The van der Waals surface area contributed by atoms with Crippen molar-refractivity contribution >= 4 is 28.2 Å². The average Bonchev–Trinajstić information content (AvgIpc) is 3.13. The molecule has 146 valence electrons. The predicted molar refractivity (Wildman–Crippen MR) is 107 cm³/mol. The molecule has 2 heterocycles. The van der Waals surface area contributed by atoms with Crippen LogP contribution in [0.4, 0.5) is 21.7 Å². The first-order valence-corrected chi connectivity index (χ1v) is 8.51. The number of anilines is 2. The van der Waals surface area contributed by atoms with Gasteiger partial charge in [-0.2, -0.15) is 4.39 Å². The van der Waals surface area contributed by atoms with Gasteiger partial charge in [0.05, 0.1) is 23.4 Å². The Labute approximate surface area is 166 Å². The van der Waals surface area contributed by atoms with Crippen LogP contribution >= 0.6 is 0 Å². The molecule has 0 amide bonds. The molecule has 2 aromatic carbocycles. The Kier molecular flexibility index (Phi) is 4.24. The number of nitro groups is 1. The third kappa shape index (κ3) is 3.33. The molecule has 0 fully saturated rings. The minimum Gasteiger partial charge on any atom is -0.494 e. The summed E-state index contributed by atoms with van der Waals surface area (Å²) >= 11 is 0. The number of hydrogen-bond acceptors (Lipinski definition) is 6. The number of ether oxygens (including phenoxy) is 1. The monoisotopic (exact) mass is 394 g/mol. The van der Waals surface area contributed by atoms with Crippen molar-refractivity contribution in [1.29, 1.82) is 0 Å². The summed E-state index contributed by atoms with van der Waals surface area (Å²) in [6, 6.07) is 11.4. The van der Waals surface area contributed by atoms with E-state index >= 15 is 0 Å². The first-order chi connectivity index (χ1) is 14.5. The van der Waals surface area contributed by atoms with Gasteiger partial charge in [0.1, 0.15) is 5.75 Å². The van der Waals surface area contributed by atoms with Crippen molar-refractivity contribution in [2.24, 2.45) is 7.02 Å². The highest BCUT2D eigenvalue weighted by Crippen LogP contribution is 2.34. The lowest BCUT2D eigenvalue weighted by Crippen LogP contribution is -2.02. The van der Waals surface area contributed by atoms with Crippen molar-refractivity contribution in [3.05, 3.63) is 70.8 Å². The summed E-state index contributed by atoms with van der Waals surface area (Å²) in [6.45, 7) is 0. The molecule has 0 bridgehead atoms. The van der Waals surface area contributed by atoms with Gasteiger partial charge < -0.3 is 14.6 Å². The number of nitrogens with zero attached hydrogens (tertiary/aromatic N) is 4. The van der Waals surface area contributed by atoms with Crippen LogP contribution in [0.1, 0.15) is 1.37 Å². The molecule has 0 radical (unpaired) electrons. The van der Waals surface area contributed by atoms with Crippen molar-refractivity contribution in [3.8, 4) is 17.0 Å². The maximum atomic E-state index is 13.9. The summed E-state index contributed by atoms with van der Waals surface area (Å²) in [5.74, 6) is -0.757. The number of nitrogens with one attached hydrogen (secondary N) is 1. The van der Waals surface area contributed by atoms with Gasteiger partial charge in [0.2, 0.25) is 11.8 Å². The molecule has 4 rings (SSSR count). The fourth-order valence-electron chi connectivity index (χ4n) is 3.09. The van der Waals surface area contributed by atoms with E-state index < -0.39 is 16.4 Å². The largest absolute Gasteiger partial charge is 0.494 e. The SMILES string of the molecule is [2H]Cn1cc(-c2ccnc(Nc3cc([N+](=O)[O-])c(F)cc3OC)n2)c2ccccc21. The van der Waals surface area contributed by atoms with Crippen molar-refractivity contribution in [3.63, 3.8) is 0 Å². The molecular weight excluding hydrogens is 377 g/mol. The van der Waals surface area contributed by atoms with E-state index in [2.05, 4.69) is 15.3 Å². The molecule has 0 atom stereocenters. The Balaban J connectivity index is 1.76. The predicted octanol–water partition coefficient (Wildman–Crippen LogP) is 4.43. The van der Waals surface area contributed by atoms with Gasteiger partial charge >= 0.3 is 5.69 Å². The number of aryl methyl sites for hydroxylation is 1. The highest BCUT2D eigenvalue weighted by Gasteiger charge is 2.20. The van der Waals surface area contributed by atoms with Crippen LogP contribution < -0.4 is 10.1 Å². The zero-order valence-electron chi connectivity index (χ0n) is 16.3. The van der Waals surface area contributed by atoms with Crippen LogP contribution in [0.3, 0.4) is 0 Å². The highest BCUT2D eigenvalue weighted by atomic mass is 19.1. The smallest absolute Gasteiger partial charge is 0.307 e. The van der Waals surface area contributed by atoms with E-state index in [4.69, 9.17) is 6.11 Å².